The Bertz CT molecular complexity index is 403. The lowest BCUT2D eigenvalue weighted by molar-refractivity contribution is -0.118. The van der Waals surface area contributed by atoms with Gasteiger partial charge in [0.15, 0.2) is 0 Å². The molecular formula is C14H17ClO2S. The van der Waals surface area contributed by atoms with Gasteiger partial charge < -0.3 is 4.74 Å². The van der Waals surface area contributed by atoms with Crippen LogP contribution in [0, 0.1) is 5.92 Å². The molecule has 0 atom stereocenters. The Balaban J connectivity index is 1.76. The summed E-state index contributed by atoms with van der Waals surface area (Å²) in [5.41, 5.74) is 0. The molecule has 1 aliphatic heterocycles. The van der Waals surface area contributed by atoms with Gasteiger partial charge in [0.2, 0.25) is 0 Å². The fourth-order valence-electron chi connectivity index (χ4n) is 2.05. The van der Waals surface area contributed by atoms with Gasteiger partial charge in [0.1, 0.15) is 5.78 Å². The van der Waals surface area contributed by atoms with Crippen molar-refractivity contribution in [2.75, 3.05) is 19.0 Å². The molecule has 0 saturated carbocycles. The van der Waals surface area contributed by atoms with E-state index >= 15 is 0 Å². The lowest BCUT2D eigenvalue weighted by Gasteiger charge is -2.21. The van der Waals surface area contributed by atoms with Gasteiger partial charge in [-0.25, -0.2) is 0 Å². The van der Waals surface area contributed by atoms with Gasteiger partial charge in [0, 0.05) is 24.5 Å². The smallest absolute Gasteiger partial charge is 0.143 e. The van der Waals surface area contributed by atoms with E-state index in [9.17, 15) is 4.79 Å². The highest BCUT2D eigenvalue weighted by Crippen LogP contribution is 2.27. The Morgan fingerprint density at radius 1 is 1.33 bits per heavy atom. The molecule has 1 fully saturated rings. The molecule has 0 unspecified atom stereocenters. The second-order valence-corrected chi connectivity index (χ2v) is 5.94. The monoisotopic (exact) mass is 284 g/mol. The average molecular weight is 285 g/mol. The van der Waals surface area contributed by atoms with Crippen LogP contribution in [-0.4, -0.2) is 24.7 Å². The highest BCUT2D eigenvalue weighted by molar-refractivity contribution is 8.00. The lowest BCUT2D eigenvalue weighted by atomic mass is 9.95. The summed E-state index contributed by atoms with van der Waals surface area (Å²) >= 11 is 7.58. The Hall–Kier alpha value is -0.510. The van der Waals surface area contributed by atoms with E-state index in [2.05, 4.69) is 0 Å². The predicted molar refractivity (Wildman–Crippen MR) is 75.3 cm³/mol. The van der Waals surface area contributed by atoms with Gasteiger partial charge in [-0.1, -0.05) is 23.7 Å². The molecule has 1 heterocycles. The first-order valence-electron chi connectivity index (χ1n) is 6.22. The quantitative estimate of drug-likeness (QED) is 0.769. The number of hydrogen-bond acceptors (Lipinski definition) is 3. The number of Topliss-reactive ketones (excluding diaryl/α,β-unsaturated/α-hetero) is 1. The number of rotatable bonds is 5. The summed E-state index contributed by atoms with van der Waals surface area (Å²) in [6.45, 7) is 1.60. The van der Waals surface area contributed by atoms with E-state index in [1.807, 2.05) is 24.3 Å². The molecule has 1 aromatic rings. The van der Waals surface area contributed by atoms with Crippen LogP contribution in [-0.2, 0) is 9.53 Å². The predicted octanol–water partition coefficient (Wildman–Crippen LogP) is 3.82. The van der Waals surface area contributed by atoms with E-state index in [4.69, 9.17) is 16.3 Å². The molecule has 1 aromatic carbocycles. The number of benzene rings is 1. The van der Waals surface area contributed by atoms with Crippen molar-refractivity contribution in [2.24, 2.45) is 5.92 Å². The lowest BCUT2D eigenvalue weighted by Crippen LogP contribution is -2.19. The summed E-state index contributed by atoms with van der Waals surface area (Å²) in [5, 5.41) is 0.723. The van der Waals surface area contributed by atoms with Gasteiger partial charge in [-0.2, -0.15) is 0 Å². The van der Waals surface area contributed by atoms with Crippen molar-refractivity contribution in [2.45, 2.75) is 24.2 Å². The van der Waals surface area contributed by atoms with E-state index in [1.165, 1.54) is 11.8 Å². The van der Waals surface area contributed by atoms with Crippen molar-refractivity contribution in [3.8, 4) is 0 Å². The maximum atomic E-state index is 11.9. The van der Waals surface area contributed by atoms with Crippen molar-refractivity contribution in [1.82, 2.24) is 0 Å². The molecule has 18 heavy (non-hydrogen) atoms. The zero-order valence-corrected chi connectivity index (χ0v) is 11.8. The third kappa shape index (κ3) is 4.30. The molecular weight excluding hydrogens is 268 g/mol. The second kappa shape index (κ2) is 7.17. The van der Waals surface area contributed by atoms with Crippen LogP contribution in [0.5, 0.6) is 0 Å². The van der Waals surface area contributed by atoms with Gasteiger partial charge in [-0.05, 0) is 30.9 Å². The van der Waals surface area contributed by atoms with Crippen molar-refractivity contribution in [1.29, 1.82) is 0 Å². The molecule has 0 spiro atoms. The van der Waals surface area contributed by atoms with E-state index in [1.54, 1.807) is 0 Å². The number of carbonyl (C=O) groups is 1. The number of hydrogen-bond donors (Lipinski definition) is 0. The summed E-state index contributed by atoms with van der Waals surface area (Å²) in [6, 6.07) is 7.65. The highest BCUT2D eigenvalue weighted by atomic mass is 35.5. The minimum absolute atomic E-state index is 0.312. The van der Waals surface area contributed by atoms with Crippen LogP contribution in [0.4, 0.5) is 0 Å². The largest absolute Gasteiger partial charge is 0.381 e. The fourth-order valence-corrected chi connectivity index (χ4v) is 3.17. The first kappa shape index (κ1) is 13.9. The van der Waals surface area contributed by atoms with Crippen LogP contribution in [0.15, 0.2) is 29.2 Å². The fraction of sp³-hybridized carbons (Fsp3) is 0.500. The average Bonchev–Trinajstić information content (AvgIpc) is 2.39. The van der Waals surface area contributed by atoms with Gasteiger partial charge in [0.05, 0.1) is 10.8 Å². The Labute approximate surface area is 117 Å². The molecule has 98 valence electrons. The zero-order valence-electron chi connectivity index (χ0n) is 10.2. The molecule has 0 N–H and O–H groups in total. The van der Waals surface area contributed by atoms with Gasteiger partial charge in [0.25, 0.3) is 0 Å². The third-order valence-corrected chi connectivity index (χ3v) is 4.66. The molecule has 0 aromatic heterocycles. The minimum Gasteiger partial charge on any atom is -0.381 e. The van der Waals surface area contributed by atoms with Gasteiger partial charge >= 0.3 is 0 Å². The Morgan fingerprint density at radius 2 is 2.06 bits per heavy atom. The molecule has 1 saturated heterocycles. The van der Waals surface area contributed by atoms with Gasteiger partial charge in [-0.15, -0.1) is 11.8 Å². The van der Waals surface area contributed by atoms with E-state index < -0.39 is 0 Å². The number of carbonyl (C=O) groups excluding carboxylic acids is 1. The van der Waals surface area contributed by atoms with Gasteiger partial charge in [-0.3, -0.25) is 4.79 Å². The highest BCUT2D eigenvalue weighted by Gasteiger charge is 2.17. The van der Waals surface area contributed by atoms with Crippen LogP contribution in [0.3, 0.4) is 0 Å². The maximum Gasteiger partial charge on any atom is 0.143 e. The summed E-state index contributed by atoms with van der Waals surface area (Å²) in [6.07, 6.45) is 2.71. The molecule has 2 nitrogen and oxygen atoms in total. The van der Waals surface area contributed by atoms with Crippen LogP contribution >= 0.6 is 23.4 Å². The van der Waals surface area contributed by atoms with Crippen LogP contribution in [0.25, 0.3) is 0 Å². The molecule has 0 amide bonds. The molecule has 2 rings (SSSR count). The molecule has 4 heteroatoms. The topological polar surface area (TPSA) is 26.3 Å². The van der Waals surface area contributed by atoms with E-state index in [-0.39, 0.29) is 0 Å². The molecule has 0 aliphatic carbocycles. The van der Waals surface area contributed by atoms with Crippen molar-refractivity contribution in [3.05, 3.63) is 29.3 Å². The minimum atomic E-state index is 0.312. The van der Waals surface area contributed by atoms with Crippen LogP contribution < -0.4 is 0 Å². The zero-order chi connectivity index (χ0) is 12.8. The van der Waals surface area contributed by atoms with Crippen molar-refractivity contribution in [3.63, 3.8) is 0 Å². The first-order chi connectivity index (χ1) is 8.75. The Kier molecular flexibility index (Phi) is 5.54. The first-order valence-corrected chi connectivity index (χ1v) is 7.59. The maximum absolute atomic E-state index is 11.9. The summed E-state index contributed by atoms with van der Waals surface area (Å²) in [7, 11) is 0. The number of ether oxygens (including phenoxy) is 1. The van der Waals surface area contributed by atoms with Crippen molar-refractivity contribution >= 4 is 29.1 Å². The second-order valence-electron chi connectivity index (χ2n) is 4.52. The normalized spacial score (nSPS) is 16.7. The van der Waals surface area contributed by atoms with Crippen LogP contribution in [0.2, 0.25) is 5.02 Å². The SMILES string of the molecule is O=C(CSc1ccccc1Cl)CC1CCOCC1. The summed E-state index contributed by atoms with van der Waals surface area (Å²) in [4.78, 5) is 12.9. The summed E-state index contributed by atoms with van der Waals surface area (Å²) in [5.74, 6) is 1.34. The van der Waals surface area contributed by atoms with Crippen molar-refractivity contribution < 1.29 is 9.53 Å². The van der Waals surface area contributed by atoms with E-state index in [0.29, 0.717) is 23.9 Å². The molecule has 0 radical (unpaired) electrons. The number of thioether (sulfide) groups is 1. The molecule has 0 bridgehead atoms. The number of halogens is 1. The van der Waals surface area contributed by atoms with E-state index in [0.717, 1.165) is 36.0 Å². The Morgan fingerprint density at radius 3 is 2.78 bits per heavy atom. The standard InChI is InChI=1S/C14H17ClO2S/c15-13-3-1-2-4-14(13)18-10-12(16)9-11-5-7-17-8-6-11/h1-4,11H,5-10H2. The third-order valence-electron chi connectivity index (χ3n) is 3.08. The summed E-state index contributed by atoms with van der Waals surface area (Å²) < 4.78 is 5.29. The molecule has 1 aliphatic rings. The number of ketones is 1. The van der Waals surface area contributed by atoms with Crippen LogP contribution in [0.1, 0.15) is 19.3 Å².